The first-order chi connectivity index (χ1) is 11.1. The van der Waals surface area contributed by atoms with E-state index in [9.17, 15) is 0 Å². The molecular formula is C21H29NO. The average molecular weight is 311 g/mol. The van der Waals surface area contributed by atoms with Gasteiger partial charge in [-0.05, 0) is 41.5 Å². The molecule has 2 heteroatoms. The molecule has 0 saturated heterocycles. The average Bonchev–Trinajstić information content (AvgIpc) is 2.58. The predicted molar refractivity (Wildman–Crippen MR) is 99.7 cm³/mol. The molecule has 0 radical (unpaired) electrons. The molecule has 23 heavy (non-hydrogen) atoms. The molecule has 124 valence electrons. The van der Waals surface area contributed by atoms with Crippen LogP contribution >= 0.6 is 0 Å². The van der Waals surface area contributed by atoms with E-state index in [0.717, 1.165) is 18.7 Å². The molecule has 0 aliphatic carbocycles. The van der Waals surface area contributed by atoms with Gasteiger partial charge in [0.1, 0.15) is 12.4 Å². The van der Waals surface area contributed by atoms with Gasteiger partial charge >= 0.3 is 0 Å². The Balaban J connectivity index is 1.92. The fraction of sp³-hybridized carbons (Fsp3) is 0.429. The van der Waals surface area contributed by atoms with Gasteiger partial charge < -0.3 is 10.1 Å². The second-order valence-corrected chi connectivity index (χ2v) is 6.36. The van der Waals surface area contributed by atoms with Crippen molar-refractivity contribution in [2.24, 2.45) is 0 Å². The molecule has 0 unspecified atom stereocenters. The Morgan fingerprint density at radius 3 is 2.26 bits per heavy atom. The summed E-state index contributed by atoms with van der Waals surface area (Å²) >= 11 is 0. The van der Waals surface area contributed by atoms with Gasteiger partial charge in [0.15, 0.2) is 0 Å². The van der Waals surface area contributed by atoms with Crippen molar-refractivity contribution < 1.29 is 4.74 Å². The van der Waals surface area contributed by atoms with Crippen LogP contribution in [0.4, 0.5) is 5.69 Å². The maximum absolute atomic E-state index is 6.02. The van der Waals surface area contributed by atoms with E-state index in [4.69, 9.17) is 4.74 Å². The summed E-state index contributed by atoms with van der Waals surface area (Å²) in [4.78, 5) is 0. The SMILES string of the molecule is CC[C@H](C)c1ccccc1OCCNc1ccccc1C(C)C. The monoisotopic (exact) mass is 311 g/mol. The molecule has 0 aliphatic rings. The van der Waals surface area contributed by atoms with Crippen molar-refractivity contribution in [3.63, 3.8) is 0 Å². The van der Waals surface area contributed by atoms with Crippen LogP contribution in [-0.2, 0) is 0 Å². The van der Waals surface area contributed by atoms with E-state index in [1.807, 2.05) is 6.07 Å². The highest BCUT2D eigenvalue weighted by atomic mass is 16.5. The molecular weight excluding hydrogens is 282 g/mol. The van der Waals surface area contributed by atoms with E-state index in [-0.39, 0.29) is 0 Å². The lowest BCUT2D eigenvalue weighted by molar-refractivity contribution is 0.327. The molecule has 0 bridgehead atoms. The summed E-state index contributed by atoms with van der Waals surface area (Å²) in [5.41, 5.74) is 3.87. The van der Waals surface area contributed by atoms with Crippen LogP contribution in [0.15, 0.2) is 48.5 Å². The largest absolute Gasteiger partial charge is 0.491 e. The number of nitrogens with one attached hydrogen (secondary N) is 1. The van der Waals surface area contributed by atoms with Crippen LogP contribution < -0.4 is 10.1 Å². The summed E-state index contributed by atoms with van der Waals surface area (Å²) in [5, 5.41) is 3.50. The van der Waals surface area contributed by atoms with E-state index in [0.29, 0.717) is 18.4 Å². The molecule has 2 aromatic rings. The molecule has 2 rings (SSSR count). The Morgan fingerprint density at radius 1 is 0.913 bits per heavy atom. The van der Waals surface area contributed by atoms with E-state index in [1.165, 1.54) is 16.8 Å². The van der Waals surface area contributed by atoms with Crippen LogP contribution in [0.2, 0.25) is 0 Å². The molecule has 2 aromatic carbocycles. The summed E-state index contributed by atoms with van der Waals surface area (Å²) < 4.78 is 6.02. The molecule has 0 aromatic heterocycles. The molecule has 0 amide bonds. The number of hydrogen-bond donors (Lipinski definition) is 1. The van der Waals surface area contributed by atoms with Gasteiger partial charge in [-0.15, -0.1) is 0 Å². The van der Waals surface area contributed by atoms with E-state index < -0.39 is 0 Å². The van der Waals surface area contributed by atoms with Crippen LogP contribution in [0, 0.1) is 0 Å². The minimum absolute atomic E-state index is 0.519. The fourth-order valence-electron chi connectivity index (χ4n) is 2.75. The Bertz CT molecular complexity index is 606. The Hall–Kier alpha value is -1.96. The van der Waals surface area contributed by atoms with Crippen molar-refractivity contribution in [2.75, 3.05) is 18.5 Å². The standard InChI is InChI=1S/C21H29NO/c1-5-17(4)19-11-7-9-13-21(19)23-15-14-22-20-12-8-6-10-18(20)16(2)3/h6-13,16-17,22H,5,14-15H2,1-4H3/t17-/m0/s1. The van der Waals surface area contributed by atoms with Crippen molar-refractivity contribution in [1.29, 1.82) is 0 Å². The molecule has 0 aliphatic heterocycles. The minimum atomic E-state index is 0.519. The molecule has 1 atom stereocenters. The predicted octanol–water partition coefficient (Wildman–Crippen LogP) is 5.81. The second kappa shape index (κ2) is 8.61. The van der Waals surface area contributed by atoms with Crippen LogP contribution in [-0.4, -0.2) is 13.2 Å². The number of hydrogen-bond acceptors (Lipinski definition) is 2. The highest BCUT2D eigenvalue weighted by Gasteiger charge is 2.09. The molecule has 1 N–H and O–H groups in total. The van der Waals surface area contributed by atoms with Gasteiger partial charge in [-0.1, -0.05) is 64.1 Å². The first kappa shape index (κ1) is 17.4. The third kappa shape index (κ3) is 4.75. The summed E-state index contributed by atoms with van der Waals surface area (Å²) in [6.07, 6.45) is 1.13. The third-order valence-electron chi connectivity index (χ3n) is 4.32. The topological polar surface area (TPSA) is 21.3 Å². The quantitative estimate of drug-likeness (QED) is 0.621. The van der Waals surface area contributed by atoms with Gasteiger partial charge in [-0.2, -0.15) is 0 Å². The van der Waals surface area contributed by atoms with E-state index >= 15 is 0 Å². The minimum Gasteiger partial charge on any atom is -0.491 e. The lowest BCUT2D eigenvalue weighted by Crippen LogP contribution is -2.13. The van der Waals surface area contributed by atoms with Crippen LogP contribution in [0.3, 0.4) is 0 Å². The Morgan fingerprint density at radius 2 is 1.57 bits per heavy atom. The summed E-state index contributed by atoms with van der Waals surface area (Å²) in [5.74, 6) is 2.06. The maximum Gasteiger partial charge on any atom is 0.122 e. The normalized spacial score (nSPS) is 12.2. The zero-order chi connectivity index (χ0) is 16.7. The van der Waals surface area contributed by atoms with Gasteiger partial charge in [0.05, 0.1) is 0 Å². The number of rotatable bonds is 8. The van der Waals surface area contributed by atoms with Gasteiger partial charge in [-0.3, -0.25) is 0 Å². The molecule has 0 heterocycles. The highest BCUT2D eigenvalue weighted by molar-refractivity contribution is 5.52. The van der Waals surface area contributed by atoms with Gasteiger partial charge in [0.2, 0.25) is 0 Å². The molecule has 2 nitrogen and oxygen atoms in total. The fourth-order valence-corrected chi connectivity index (χ4v) is 2.75. The van der Waals surface area contributed by atoms with Crippen molar-refractivity contribution in [3.05, 3.63) is 59.7 Å². The molecule has 0 fully saturated rings. The van der Waals surface area contributed by atoms with Crippen molar-refractivity contribution in [1.82, 2.24) is 0 Å². The number of ether oxygens (including phenoxy) is 1. The number of para-hydroxylation sites is 2. The van der Waals surface area contributed by atoms with Crippen molar-refractivity contribution in [2.45, 2.75) is 46.0 Å². The molecule has 0 spiro atoms. The van der Waals surface area contributed by atoms with E-state index in [2.05, 4.69) is 75.5 Å². The number of anilines is 1. The van der Waals surface area contributed by atoms with Crippen LogP contribution in [0.25, 0.3) is 0 Å². The lowest BCUT2D eigenvalue weighted by Gasteiger charge is -2.17. The molecule has 0 saturated carbocycles. The zero-order valence-corrected chi connectivity index (χ0v) is 14.8. The summed E-state index contributed by atoms with van der Waals surface area (Å²) in [6, 6.07) is 16.9. The van der Waals surface area contributed by atoms with Crippen molar-refractivity contribution >= 4 is 5.69 Å². The van der Waals surface area contributed by atoms with Crippen LogP contribution in [0.5, 0.6) is 5.75 Å². The Kier molecular flexibility index (Phi) is 6.52. The Labute approximate surface area is 140 Å². The van der Waals surface area contributed by atoms with E-state index in [1.54, 1.807) is 0 Å². The smallest absolute Gasteiger partial charge is 0.122 e. The third-order valence-corrected chi connectivity index (χ3v) is 4.32. The van der Waals surface area contributed by atoms with Gasteiger partial charge in [-0.25, -0.2) is 0 Å². The first-order valence-corrected chi connectivity index (χ1v) is 8.68. The number of benzene rings is 2. The lowest BCUT2D eigenvalue weighted by atomic mass is 9.98. The van der Waals surface area contributed by atoms with Gasteiger partial charge in [0.25, 0.3) is 0 Å². The van der Waals surface area contributed by atoms with Crippen molar-refractivity contribution in [3.8, 4) is 5.75 Å². The van der Waals surface area contributed by atoms with Crippen LogP contribution in [0.1, 0.15) is 57.1 Å². The summed E-state index contributed by atoms with van der Waals surface area (Å²) in [6.45, 7) is 10.4. The maximum atomic E-state index is 6.02. The zero-order valence-electron chi connectivity index (χ0n) is 14.8. The second-order valence-electron chi connectivity index (χ2n) is 6.36. The van der Waals surface area contributed by atoms with Gasteiger partial charge in [0, 0.05) is 12.2 Å². The first-order valence-electron chi connectivity index (χ1n) is 8.68. The highest BCUT2D eigenvalue weighted by Crippen LogP contribution is 2.28. The summed E-state index contributed by atoms with van der Waals surface area (Å²) in [7, 11) is 0.